The van der Waals surface area contributed by atoms with E-state index in [-0.39, 0.29) is 21.1 Å². The summed E-state index contributed by atoms with van der Waals surface area (Å²) in [5, 5.41) is 6.49. The van der Waals surface area contributed by atoms with Crippen LogP contribution in [0.5, 0.6) is 0 Å². The molecule has 4 rings (SSSR count). The smallest absolute Gasteiger partial charge is 0.681 e. The SMILES string of the molecule is Fc1c(F)c([N-]CC[N-]c2c(F)c(F)c(I)c(F)c2F)c(F)c(F)c1I.[Pt+2].c1ccncc1.c1ccncc1. The van der Waals surface area contributed by atoms with E-state index in [9.17, 15) is 35.1 Å². The summed E-state index contributed by atoms with van der Waals surface area (Å²) in [7, 11) is 0. The number of halogens is 10. The summed E-state index contributed by atoms with van der Waals surface area (Å²) in [6.07, 6.45) is 7.00. The molecule has 39 heavy (non-hydrogen) atoms. The van der Waals surface area contributed by atoms with Gasteiger partial charge in [-0.25, -0.2) is 35.1 Å². The van der Waals surface area contributed by atoms with Crippen molar-refractivity contribution in [1.82, 2.24) is 9.97 Å². The second-order valence-electron chi connectivity index (χ2n) is 6.65. The molecular weight excluding hydrogens is 945 g/mol. The van der Waals surface area contributed by atoms with E-state index in [2.05, 4.69) is 20.6 Å². The van der Waals surface area contributed by atoms with Crippen molar-refractivity contribution >= 4 is 56.6 Å². The third-order valence-corrected chi connectivity index (χ3v) is 6.04. The molecule has 0 saturated heterocycles. The summed E-state index contributed by atoms with van der Waals surface area (Å²) in [4.78, 5) is 7.57. The van der Waals surface area contributed by atoms with Crippen molar-refractivity contribution in [3.05, 3.63) is 125 Å². The molecule has 0 aliphatic carbocycles. The Morgan fingerprint density at radius 3 is 0.897 bits per heavy atom. The van der Waals surface area contributed by atoms with Gasteiger partial charge in [0.15, 0.2) is 23.3 Å². The molecule has 4 aromatic rings. The Morgan fingerprint density at radius 2 is 0.718 bits per heavy atom. The molecule has 210 valence electrons. The average Bonchev–Trinajstić information content (AvgIpc) is 2.96. The van der Waals surface area contributed by atoms with Crippen molar-refractivity contribution in [2.24, 2.45) is 0 Å². The van der Waals surface area contributed by atoms with E-state index in [1.807, 2.05) is 36.4 Å². The quantitative estimate of drug-likeness (QED) is 0.0661. The molecule has 0 aliphatic rings. The van der Waals surface area contributed by atoms with Gasteiger partial charge in [-0.3, -0.25) is 9.97 Å². The van der Waals surface area contributed by atoms with Gasteiger partial charge in [0, 0.05) is 24.8 Å². The molecule has 0 fully saturated rings. The monoisotopic (exact) mass is 959 g/mol. The van der Waals surface area contributed by atoms with Gasteiger partial charge in [-0.2, -0.15) is 0 Å². The van der Waals surface area contributed by atoms with Gasteiger partial charge in [-0.15, -0.1) is 13.1 Å². The van der Waals surface area contributed by atoms with Crippen LogP contribution in [0.25, 0.3) is 10.6 Å². The molecule has 0 saturated carbocycles. The van der Waals surface area contributed by atoms with Gasteiger partial charge >= 0.3 is 21.1 Å². The number of pyridine rings is 2. The minimum Gasteiger partial charge on any atom is -0.681 e. The predicted octanol–water partition coefficient (Wildman–Crippen LogP) is 8.88. The van der Waals surface area contributed by atoms with Crippen LogP contribution in [0.4, 0.5) is 46.5 Å². The standard InChI is InChI=1S/C14H4F8I2N2.2C5H5N.Pt/c15-3-7(19)13(8(20)4(16)11(3)23)25-1-2-26-14-9(21)5(17)12(24)6(18)10(14)22;2*1-2-4-6-5-3-1;/h1-2H2;2*1-5H;/q-2;;;+2. The largest absolute Gasteiger partial charge is 2.00 e. The van der Waals surface area contributed by atoms with E-state index in [0.29, 0.717) is 0 Å². The molecule has 2 heterocycles. The van der Waals surface area contributed by atoms with Gasteiger partial charge in [0.05, 0.1) is 7.14 Å². The topological polar surface area (TPSA) is 54.0 Å². The Balaban J connectivity index is 0.000000476. The number of hydrogen-bond donors (Lipinski definition) is 0. The van der Waals surface area contributed by atoms with Crippen LogP contribution in [-0.4, -0.2) is 23.1 Å². The predicted molar refractivity (Wildman–Crippen MR) is 142 cm³/mol. The van der Waals surface area contributed by atoms with Gasteiger partial charge in [-0.05, 0) is 69.4 Å². The first kappa shape index (κ1) is 35.0. The summed E-state index contributed by atoms with van der Waals surface area (Å²) in [5.41, 5.74) is -2.53. The van der Waals surface area contributed by atoms with Crippen LogP contribution in [0.2, 0.25) is 0 Å². The van der Waals surface area contributed by atoms with E-state index < -0.39 is 78.1 Å². The number of hydrogen-bond acceptors (Lipinski definition) is 2. The fourth-order valence-corrected chi connectivity index (χ4v) is 3.36. The number of benzene rings is 2. The fourth-order valence-electron chi connectivity index (χ4n) is 2.41. The zero-order valence-corrected chi connectivity index (χ0v) is 25.7. The molecule has 0 atom stereocenters. The number of rotatable bonds is 5. The average molecular weight is 959 g/mol. The van der Waals surface area contributed by atoms with Crippen molar-refractivity contribution in [1.29, 1.82) is 0 Å². The van der Waals surface area contributed by atoms with Gasteiger partial charge in [-0.1, -0.05) is 23.5 Å². The van der Waals surface area contributed by atoms with E-state index in [1.165, 1.54) is 0 Å². The molecule has 0 aliphatic heterocycles. The molecular formula is C24H14F8I2N4Pt. The summed E-state index contributed by atoms with van der Waals surface area (Å²) in [6, 6.07) is 11.4. The molecule has 0 radical (unpaired) electrons. The molecule has 0 amide bonds. The van der Waals surface area contributed by atoms with E-state index in [4.69, 9.17) is 0 Å². The summed E-state index contributed by atoms with van der Waals surface area (Å²) >= 11 is 2.12. The maximum Gasteiger partial charge on any atom is 2.00 e. The van der Waals surface area contributed by atoms with Crippen LogP contribution in [0.3, 0.4) is 0 Å². The summed E-state index contributed by atoms with van der Waals surface area (Å²) in [6.45, 7) is -1.33. The Labute approximate surface area is 259 Å². The zero-order chi connectivity index (χ0) is 28.2. The Morgan fingerprint density at radius 1 is 0.462 bits per heavy atom. The molecule has 2 aromatic carbocycles. The molecule has 15 heteroatoms. The van der Waals surface area contributed by atoms with Gasteiger partial charge in [0.1, 0.15) is 23.3 Å². The third-order valence-electron chi connectivity index (χ3n) is 4.15. The molecule has 4 nitrogen and oxygen atoms in total. The maximum absolute atomic E-state index is 13.6. The van der Waals surface area contributed by atoms with Gasteiger partial charge in [0.25, 0.3) is 0 Å². The Kier molecular flexibility index (Phi) is 15.8. The van der Waals surface area contributed by atoms with Crippen LogP contribution in [0.1, 0.15) is 0 Å². The van der Waals surface area contributed by atoms with Gasteiger partial charge in [0.2, 0.25) is 0 Å². The maximum atomic E-state index is 13.6. The van der Waals surface area contributed by atoms with Crippen molar-refractivity contribution < 1.29 is 56.2 Å². The first-order chi connectivity index (χ1) is 18.1. The van der Waals surface area contributed by atoms with Crippen LogP contribution in [0.15, 0.2) is 61.2 Å². The minimum atomic E-state index is -1.75. The first-order valence-electron chi connectivity index (χ1n) is 10.2. The van der Waals surface area contributed by atoms with E-state index >= 15 is 0 Å². The Bertz CT molecular complexity index is 1130. The zero-order valence-electron chi connectivity index (χ0n) is 19.1. The van der Waals surface area contributed by atoms with Crippen molar-refractivity contribution in [2.75, 3.05) is 13.1 Å². The molecule has 0 bridgehead atoms. The van der Waals surface area contributed by atoms with Crippen molar-refractivity contribution in [2.45, 2.75) is 0 Å². The van der Waals surface area contributed by atoms with Crippen LogP contribution >= 0.6 is 45.2 Å². The van der Waals surface area contributed by atoms with E-state index in [0.717, 1.165) is 45.2 Å². The minimum absolute atomic E-state index is 0. The van der Waals surface area contributed by atoms with Crippen LogP contribution < -0.4 is 0 Å². The fraction of sp³-hybridized carbons (Fsp3) is 0.0833. The summed E-state index contributed by atoms with van der Waals surface area (Å²) < 4.78 is 106. The Hall–Kier alpha value is -2.07. The van der Waals surface area contributed by atoms with Crippen molar-refractivity contribution in [3.63, 3.8) is 0 Å². The van der Waals surface area contributed by atoms with E-state index in [1.54, 1.807) is 24.8 Å². The summed E-state index contributed by atoms with van der Waals surface area (Å²) in [5.74, 6) is -13.6. The number of nitrogens with zero attached hydrogens (tertiary/aromatic N) is 4. The molecule has 2 aromatic heterocycles. The van der Waals surface area contributed by atoms with Crippen LogP contribution in [0, 0.1) is 53.7 Å². The van der Waals surface area contributed by atoms with Gasteiger partial charge < -0.3 is 10.6 Å². The normalized spacial score (nSPS) is 9.79. The first-order valence-corrected chi connectivity index (χ1v) is 12.3. The van der Waals surface area contributed by atoms with Crippen LogP contribution in [-0.2, 0) is 21.1 Å². The second kappa shape index (κ2) is 17.6. The number of aromatic nitrogens is 2. The second-order valence-corrected chi connectivity index (χ2v) is 8.81. The molecule has 0 N–H and O–H groups in total. The third kappa shape index (κ3) is 9.81. The van der Waals surface area contributed by atoms with Crippen molar-refractivity contribution in [3.8, 4) is 0 Å². The molecule has 0 unspecified atom stereocenters. The molecule has 0 spiro atoms.